The van der Waals surface area contributed by atoms with Crippen molar-refractivity contribution >= 4 is 5.97 Å². The van der Waals surface area contributed by atoms with Crippen molar-refractivity contribution in [3.05, 3.63) is 12.3 Å². The lowest BCUT2D eigenvalue weighted by Crippen LogP contribution is -2.07. The zero-order valence-electron chi connectivity index (χ0n) is 16.2. The van der Waals surface area contributed by atoms with Crippen molar-refractivity contribution < 1.29 is 9.53 Å². The molecule has 0 unspecified atom stereocenters. The van der Waals surface area contributed by atoms with E-state index in [-0.39, 0.29) is 5.97 Å². The molecule has 0 bridgehead atoms. The van der Waals surface area contributed by atoms with Gasteiger partial charge in [0.1, 0.15) is 0 Å². The number of nitrogens with one attached hydrogen (secondary N) is 1. The molecular weight excluding hydrogens is 312 g/mol. The molecule has 0 saturated carbocycles. The number of carbonyl (C=O) groups excluding carboxylic acids is 1. The number of H-pyrrole nitrogens is 1. The van der Waals surface area contributed by atoms with Gasteiger partial charge in [-0.25, -0.2) is 5.10 Å². The first-order chi connectivity index (χ1) is 12.3. The average molecular weight is 351 g/mol. The summed E-state index contributed by atoms with van der Waals surface area (Å²) in [5, 5.41) is 6.38. The van der Waals surface area contributed by atoms with Crippen molar-refractivity contribution in [2.75, 3.05) is 0 Å². The minimum absolute atomic E-state index is 0.168. The number of nitrogens with zero attached hydrogens (tertiary/aromatic N) is 1. The molecule has 1 rings (SSSR count). The number of aromatic amines is 1. The van der Waals surface area contributed by atoms with E-state index in [1.807, 2.05) is 0 Å². The normalized spacial score (nSPS) is 10.9. The highest BCUT2D eigenvalue weighted by atomic mass is 16.5. The van der Waals surface area contributed by atoms with E-state index in [0.29, 0.717) is 12.3 Å². The molecule has 1 heterocycles. The zero-order valence-corrected chi connectivity index (χ0v) is 16.2. The van der Waals surface area contributed by atoms with Crippen LogP contribution >= 0.6 is 0 Å². The van der Waals surface area contributed by atoms with Gasteiger partial charge in [-0.2, -0.15) is 5.10 Å². The van der Waals surface area contributed by atoms with Crippen LogP contribution in [0.15, 0.2) is 12.3 Å². The number of hydrogen-bond donors (Lipinski definition) is 1. The minimum Gasteiger partial charge on any atom is -0.408 e. The van der Waals surface area contributed by atoms with E-state index in [9.17, 15) is 4.79 Å². The third-order valence-corrected chi connectivity index (χ3v) is 4.68. The van der Waals surface area contributed by atoms with E-state index < -0.39 is 0 Å². The molecule has 0 radical (unpaired) electrons. The summed E-state index contributed by atoms with van der Waals surface area (Å²) in [4.78, 5) is 11.6. The number of rotatable bonds is 17. The van der Waals surface area contributed by atoms with Gasteiger partial charge in [0.2, 0.25) is 5.88 Å². The molecule has 144 valence electrons. The summed E-state index contributed by atoms with van der Waals surface area (Å²) >= 11 is 0. The maximum absolute atomic E-state index is 11.6. The average Bonchev–Trinajstić information content (AvgIpc) is 3.11. The van der Waals surface area contributed by atoms with Gasteiger partial charge in [0.25, 0.3) is 0 Å². The van der Waals surface area contributed by atoms with Crippen LogP contribution in [0, 0.1) is 0 Å². The Morgan fingerprint density at radius 3 is 1.76 bits per heavy atom. The number of hydrogen-bond acceptors (Lipinski definition) is 3. The van der Waals surface area contributed by atoms with Crippen molar-refractivity contribution in [1.29, 1.82) is 0 Å². The van der Waals surface area contributed by atoms with Crippen molar-refractivity contribution in [3.63, 3.8) is 0 Å². The molecule has 4 heteroatoms. The van der Waals surface area contributed by atoms with E-state index in [1.54, 1.807) is 12.3 Å². The summed E-state index contributed by atoms with van der Waals surface area (Å²) < 4.78 is 5.12. The molecule has 1 N–H and O–H groups in total. The van der Waals surface area contributed by atoms with Crippen LogP contribution in [0.2, 0.25) is 0 Å². The van der Waals surface area contributed by atoms with Gasteiger partial charge in [0.15, 0.2) is 0 Å². The summed E-state index contributed by atoms with van der Waals surface area (Å²) in [6, 6.07) is 1.66. The fourth-order valence-corrected chi connectivity index (χ4v) is 3.11. The second kappa shape index (κ2) is 16.2. The topological polar surface area (TPSA) is 55.0 Å². The van der Waals surface area contributed by atoms with E-state index in [4.69, 9.17) is 4.74 Å². The molecule has 0 spiro atoms. The molecule has 1 aromatic rings. The standard InChI is InChI=1S/C21H38N2O2/c1-2-3-4-5-6-7-8-9-10-11-12-13-14-15-16-17-21(24)25-20-18-19-22-23-20/h18-19H,2-17H2,1H3,(H,22,23). The first kappa shape index (κ1) is 21.7. The highest BCUT2D eigenvalue weighted by Gasteiger charge is 2.05. The van der Waals surface area contributed by atoms with Gasteiger partial charge in [-0.3, -0.25) is 4.79 Å². The SMILES string of the molecule is CCCCCCCCCCCCCCCCCC(=O)Oc1ccn[nH]1. The Bertz CT molecular complexity index is 404. The van der Waals surface area contributed by atoms with Gasteiger partial charge in [-0.15, -0.1) is 0 Å². The number of carbonyl (C=O) groups is 1. The van der Waals surface area contributed by atoms with Crippen molar-refractivity contribution in [3.8, 4) is 5.88 Å². The number of esters is 1. The maximum Gasteiger partial charge on any atom is 0.312 e. The Morgan fingerprint density at radius 1 is 0.840 bits per heavy atom. The predicted molar refractivity (Wildman–Crippen MR) is 104 cm³/mol. The molecule has 0 aliphatic heterocycles. The van der Waals surface area contributed by atoms with Crippen molar-refractivity contribution in [2.45, 2.75) is 110 Å². The van der Waals surface area contributed by atoms with Gasteiger partial charge >= 0.3 is 5.97 Å². The molecule has 0 amide bonds. The molecule has 4 nitrogen and oxygen atoms in total. The van der Waals surface area contributed by atoms with Crippen molar-refractivity contribution in [2.24, 2.45) is 0 Å². The molecule has 0 saturated heterocycles. The molecule has 0 aliphatic carbocycles. The first-order valence-electron chi connectivity index (χ1n) is 10.5. The summed E-state index contributed by atoms with van der Waals surface area (Å²) in [6.45, 7) is 2.27. The molecule has 0 aromatic carbocycles. The van der Waals surface area contributed by atoms with Crippen LogP contribution < -0.4 is 4.74 Å². The summed E-state index contributed by atoms with van der Waals surface area (Å²) in [6.07, 6.45) is 22.1. The third-order valence-electron chi connectivity index (χ3n) is 4.68. The minimum atomic E-state index is -0.168. The first-order valence-corrected chi connectivity index (χ1v) is 10.5. The van der Waals surface area contributed by atoms with E-state index in [2.05, 4.69) is 17.1 Å². The highest BCUT2D eigenvalue weighted by Crippen LogP contribution is 2.14. The Labute approximate surface area is 154 Å². The van der Waals surface area contributed by atoms with Crippen LogP contribution in [-0.4, -0.2) is 16.2 Å². The van der Waals surface area contributed by atoms with Gasteiger partial charge < -0.3 is 4.74 Å². The highest BCUT2D eigenvalue weighted by molar-refractivity contribution is 5.71. The van der Waals surface area contributed by atoms with Crippen LogP contribution in [0.1, 0.15) is 110 Å². The zero-order chi connectivity index (χ0) is 18.0. The van der Waals surface area contributed by atoms with Gasteiger partial charge in [-0.05, 0) is 6.42 Å². The number of ether oxygens (including phenoxy) is 1. The molecule has 0 aliphatic rings. The lowest BCUT2D eigenvalue weighted by molar-refractivity contribution is -0.134. The molecule has 0 fully saturated rings. The lowest BCUT2D eigenvalue weighted by atomic mass is 10.0. The Hall–Kier alpha value is -1.32. The van der Waals surface area contributed by atoms with Gasteiger partial charge in [-0.1, -0.05) is 96.8 Å². The Morgan fingerprint density at radius 2 is 1.32 bits per heavy atom. The maximum atomic E-state index is 11.6. The van der Waals surface area contributed by atoms with Gasteiger partial charge in [0, 0.05) is 12.5 Å². The van der Waals surface area contributed by atoms with Crippen LogP contribution in [0.3, 0.4) is 0 Å². The van der Waals surface area contributed by atoms with E-state index >= 15 is 0 Å². The largest absolute Gasteiger partial charge is 0.408 e. The van der Waals surface area contributed by atoms with Crippen molar-refractivity contribution in [1.82, 2.24) is 10.2 Å². The fourth-order valence-electron chi connectivity index (χ4n) is 3.11. The van der Waals surface area contributed by atoms with Crippen LogP contribution in [0.25, 0.3) is 0 Å². The van der Waals surface area contributed by atoms with Gasteiger partial charge in [0.05, 0.1) is 6.20 Å². The molecular formula is C21H38N2O2. The lowest BCUT2D eigenvalue weighted by Gasteiger charge is -2.03. The molecule has 1 aromatic heterocycles. The summed E-state index contributed by atoms with van der Waals surface area (Å²) in [5.74, 6) is 0.268. The quantitative estimate of drug-likeness (QED) is 0.255. The summed E-state index contributed by atoms with van der Waals surface area (Å²) in [5.41, 5.74) is 0. The molecule has 25 heavy (non-hydrogen) atoms. The smallest absolute Gasteiger partial charge is 0.312 e. The van der Waals surface area contributed by atoms with Crippen LogP contribution in [-0.2, 0) is 4.79 Å². The Balaban J connectivity index is 1.74. The monoisotopic (exact) mass is 350 g/mol. The number of aromatic nitrogens is 2. The third kappa shape index (κ3) is 13.6. The molecule has 0 atom stereocenters. The second-order valence-electron chi connectivity index (χ2n) is 7.09. The fraction of sp³-hybridized carbons (Fsp3) is 0.810. The predicted octanol–water partition coefficient (Wildman–Crippen LogP) is 6.58. The summed E-state index contributed by atoms with van der Waals surface area (Å²) in [7, 11) is 0. The van der Waals surface area contributed by atoms with E-state index in [0.717, 1.165) is 12.8 Å². The second-order valence-corrected chi connectivity index (χ2v) is 7.09. The Kier molecular flexibility index (Phi) is 14.0. The van der Waals surface area contributed by atoms with Crippen LogP contribution in [0.5, 0.6) is 5.88 Å². The number of unbranched alkanes of at least 4 members (excludes halogenated alkanes) is 14. The van der Waals surface area contributed by atoms with Crippen LogP contribution in [0.4, 0.5) is 0 Å². The van der Waals surface area contributed by atoms with E-state index in [1.165, 1.54) is 83.5 Å².